The van der Waals surface area contributed by atoms with Gasteiger partial charge < -0.3 is 25.4 Å². The molecule has 1 aliphatic heterocycles. The zero-order chi connectivity index (χ0) is 20.8. The van der Waals surface area contributed by atoms with Crippen LogP contribution in [0.25, 0.3) is 0 Å². The van der Waals surface area contributed by atoms with Crippen molar-refractivity contribution in [3.63, 3.8) is 0 Å². The predicted octanol–water partition coefficient (Wildman–Crippen LogP) is 3.14. The van der Waals surface area contributed by atoms with Crippen molar-refractivity contribution in [1.82, 2.24) is 10.6 Å². The van der Waals surface area contributed by atoms with E-state index >= 15 is 0 Å². The zero-order valence-electron chi connectivity index (χ0n) is 15.9. The largest absolute Gasteiger partial charge is 0.454 e. The minimum atomic E-state index is -1.64. The van der Waals surface area contributed by atoms with Gasteiger partial charge in [-0.15, -0.1) is 24.0 Å². The number of amides is 1. The van der Waals surface area contributed by atoms with Crippen molar-refractivity contribution in [3.8, 4) is 11.5 Å². The fourth-order valence-electron chi connectivity index (χ4n) is 2.53. The molecule has 0 bridgehead atoms. The number of benzene rings is 2. The summed E-state index contributed by atoms with van der Waals surface area (Å²) in [7, 11) is 0. The fourth-order valence-corrected chi connectivity index (χ4v) is 2.53. The summed E-state index contributed by atoms with van der Waals surface area (Å²) in [6.07, 6.45) is 0. The molecule has 1 heterocycles. The Morgan fingerprint density at radius 3 is 2.60 bits per heavy atom. The van der Waals surface area contributed by atoms with Crippen molar-refractivity contribution in [2.24, 2.45) is 4.99 Å². The van der Waals surface area contributed by atoms with Crippen LogP contribution >= 0.6 is 24.0 Å². The summed E-state index contributed by atoms with van der Waals surface area (Å²) in [5, 5.41) is 7.94. The Hall–Kier alpha value is -2.70. The summed E-state index contributed by atoms with van der Waals surface area (Å²) < 4.78 is 50.4. The molecule has 1 amide bonds. The first-order valence-electron chi connectivity index (χ1n) is 8.82. The topological polar surface area (TPSA) is 84.0 Å². The van der Waals surface area contributed by atoms with Crippen LogP contribution in [0.4, 0.5) is 18.9 Å². The van der Waals surface area contributed by atoms with Gasteiger partial charge in [0.15, 0.2) is 34.9 Å². The van der Waals surface area contributed by atoms with Crippen LogP contribution in [-0.2, 0) is 11.3 Å². The van der Waals surface area contributed by atoms with Gasteiger partial charge in [-0.3, -0.25) is 4.79 Å². The molecule has 0 fully saturated rings. The summed E-state index contributed by atoms with van der Waals surface area (Å²) in [6.45, 7) is 2.64. The first kappa shape index (κ1) is 23.6. The average Bonchev–Trinajstić information content (AvgIpc) is 3.18. The molecule has 162 valence electrons. The van der Waals surface area contributed by atoms with E-state index in [1.807, 2.05) is 19.1 Å². The van der Waals surface area contributed by atoms with E-state index < -0.39 is 29.0 Å². The highest BCUT2D eigenvalue weighted by atomic mass is 127. The van der Waals surface area contributed by atoms with Crippen LogP contribution in [0.15, 0.2) is 35.3 Å². The molecule has 2 aromatic carbocycles. The molecule has 0 saturated heterocycles. The molecule has 0 atom stereocenters. The Morgan fingerprint density at radius 1 is 1.07 bits per heavy atom. The van der Waals surface area contributed by atoms with Gasteiger partial charge in [0.1, 0.15) is 0 Å². The normalized spacial score (nSPS) is 12.2. The number of rotatable bonds is 6. The molecule has 0 spiro atoms. The number of carbonyl (C=O) groups excluding carboxylic acids is 1. The van der Waals surface area contributed by atoms with Gasteiger partial charge in [-0.25, -0.2) is 18.2 Å². The third-order valence-electron chi connectivity index (χ3n) is 3.93. The van der Waals surface area contributed by atoms with Gasteiger partial charge >= 0.3 is 0 Å². The van der Waals surface area contributed by atoms with E-state index in [1.54, 1.807) is 6.07 Å². The van der Waals surface area contributed by atoms with Crippen molar-refractivity contribution in [1.29, 1.82) is 0 Å². The molecule has 0 radical (unpaired) electrons. The molecular formula is C19H20F3IN4O3. The molecule has 7 nitrogen and oxygen atoms in total. The minimum absolute atomic E-state index is 0. The number of guanidine groups is 1. The van der Waals surface area contributed by atoms with E-state index in [9.17, 15) is 18.0 Å². The molecule has 11 heteroatoms. The standard InChI is InChI=1S/C19H19F3N4O3.HI/c1-2-23-19(24-8-11-3-6-14-15(7-11)29-10-28-14)25-9-16(27)26-13-5-4-12(20)17(21)18(13)22;/h3-7H,2,8-10H2,1H3,(H,26,27)(H2,23,24,25);1H. The molecule has 2 aromatic rings. The highest BCUT2D eigenvalue weighted by Crippen LogP contribution is 2.32. The number of nitrogens with zero attached hydrogens (tertiary/aromatic N) is 1. The average molecular weight is 536 g/mol. The van der Waals surface area contributed by atoms with Crippen molar-refractivity contribution in [3.05, 3.63) is 53.3 Å². The third-order valence-corrected chi connectivity index (χ3v) is 3.93. The van der Waals surface area contributed by atoms with Gasteiger partial charge in [-0.05, 0) is 36.8 Å². The van der Waals surface area contributed by atoms with Gasteiger partial charge in [0, 0.05) is 6.54 Å². The number of ether oxygens (including phenoxy) is 2. The maximum absolute atomic E-state index is 13.6. The Morgan fingerprint density at radius 2 is 1.83 bits per heavy atom. The quantitative estimate of drug-likeness (QED) is 0.229. The molecule has 30 heavy (non-hydrogen) atoms. The lowest BCUT2D eigenvalue weighted by molar-refractivity contribution is -0.115. The summed E-state index contributed by atoms with van der Waals surface area (Å²) in [5.41, 5.74) is 0.428. The fraction of sp³-hybridized carbons (Fsp3) is 0.263. The SMILES string of the molecule is CCNC(=NCc1ccc2c(c1)OCO2)NCC(=O)Nc1ccc(F)c(F)c1F.I. The molecule has 0 unspecified atom stereocenters. The van der Waals surface area contributed by atoms with Crippen molar-refractivity contribution < 1.29 is 27.4 Å². The highest BCUT2D eigenvalue weighted by molar-refractivity contribution is 14.0. The van der Waals surface area contributed by atoms with Gasteiger partial charge in [0.25, 0.3) is 0 Å². The number of aliphatic imine (C=N–C) groups is 1. The van der Waals surface area contributed by atoms with Gasteiger partial charge in [-0.2, -0.15) is 0 Å². The van der Waals surface area contributed by atoms with E-state index in [0.29, 0.717) is 30.5 Å². The summed E-state index contributed by atoms with van der Waals surface area (Å²) in [5.74, 6) is -3.41. The molecule has 3 rings (SSSR count). The Kier molecular flexibility index (Phi) is 8.57. The van der Waals surface area contributed by atoms with Crippen LogP contribution in [0.3, 0.4) is 0 Å². The lowest BCUT2D eigenvalue weighted by Crippen LogP contribution is -2.41. The van der Waals surface area contributed by atoms with Gasteiger partial charge in [0.2, 0.25) is 12.7 Å². The molecule has 3 N–H and O–H groups in total. The smallest absolute Gasteiger partial charge is 0.243 e. The molecule has 0 saturated carbocycles. The second-order valence-corrected chi connectivity index (χ2v) is 6.01. The number of hydrogen-bond acceptors (Lipinski definition) is 4. The maximum atomic E-state index is 13.6. The van der Waals surface area contributed by atoms with Gasteiger partial charge in [0.05, 0.1) is 18.8 Å². The monoisotopic (exact) mass is 536 g/mol. The zero-order valence-corrected chi connectivity index (χ0v) is 18.3. The molecule has 1 aliphatic rings. The highest BCUT2D eigenvalue weighted by Gasteiger charge is 2.16. The van der Waals surface area contributed by atoms with E-state index in [0.717, 1.165) is 17.7 Å². The number of nitrogens with one attached hydrogen (secondary N) is 3. The Balaban J connectivity index is 0.00000320. The number of carbonyl (C=O) groups is 1. The maximum Gasteiger partial charge on any atom is 0.243 e. The van der Waals surface area contributed by atoms with Crippen LogP contribution in [0, 0.1) is 17.5 Å². The minimum Gasteiger partial charge on any atom is -0.454 e. The first-order valence-corrected chi connectivity index (χ1v) is 8.82. The lowest BCUT2D eigenvalue weighted by atomic mass is 10.2. The third kappa shape index (κ3) is 5.90. The number of halogens is 4. The van der Waals surface area contributed by atoms with Crippen molar-refractivity contribution in [2.45, 2.75) is 13.5 Å². The number of fused-ring (bicyclic) bond motifs is 1. The second kappa shape index (κ2) is 10.9. The summed E-state index contributed by atoms with van der Waals surface area (Å²) >= 11 is 0. The van der Waals surface area contributed by atoms with Crippen LogP contribution in [0.5, 0.6) is 11.5 Å². The predicted molar refractivity (Wildman–Crippen MR) is 116 cm³/mol. The first-order chi connectivity index (χ1) is 14.0. The molecular weight excluding hydrogens is 516 g/mol. The van der Waals surface area contributed by atoms with E-state index in [1.165, 1.54) is 0 Å². The van der Waals surface area contributed by atoms with Crippen LogP contribution in [0.2, 0.25) is 0 Å². The van der Waals surface area contributed by atoms with Gasteiger partial charge in [-0.1, -0.05) is 6.07 Å². The number of anilines is 1. The van der Waals surface area contributed by atoms with E-state index in [4.69, 9.17) is 9.47 Å². The molecule has 0 aromatic heterocycles. The summed E-state index contributed by atoms with van der Waals surface area (Å²) in [6, 6.07) is 7.13. The number of hydrogen-bond donors (Lipinski definition) is 3. The van der Waals surface area contributed by atoms with Crippen molar-refractivity contribution in [2.75, 3.05) is 25.2 Å². The molecule has 0 aliphatic carbocycles. The summed E-state index contributed by atoms with van der Waals surface area (Å²) in [4.78, 5) is 16.4. The van der Waals surface area contributed by atoms with Crippen LogP contribution in [0.1, 0.15) is 12.5 Å². The van der Waals surface area contributed by atoms with E-state index in [-0.39, 0.29) is 37.3 Å². The van der Waals surface area contributed by atoms with E-state index in [2.05, 4.69) is 20.9 Å². The van der Waals surface area contributed by atoms with Crippen molar-refractivity contribution >= 4 is 41.5 Å². The van der Waals surface area contributed by atoms with Crippen LogP contribution in [-0.4, -0.2) is 31.7 Å². The lowest BCUT2D eigenvalue weighted by Gasteiger charge is -2.12. The Labute approximate surface area is 188 Å². The second-order valence-electron chi connectivity index (χ2n) is 6.01. The van der Waals surface area contributed by atoms with Crippen LogP contribution < -0.4 is 25.4 Å². The Bertz CT molecular complexity index is 943.